The van der Waals surface area contributed by atoms with Gasteiger partial charge in [0.05, 0.1) is 29.2 Å². The number of allylic oxidation sites excluding steroid dienone is 1. The minimum atomic E-state index is 0.450. The van der Waals surface area contributed by atoms with Crippen LogP contribution in [-0.2, 0) is 0 Å². The molecule has 3 aromatic heterocycles. The summed E-state index contributed by atoms with van der Waals surface area (Å²) >= 11 is 1.63. The van der Waals surface area contributed by atoms with Crippen LogP contribution in [0.2, 0.25) is 0 Å². The number of nitrogens with two attached hydrogens (primary N) is 1. The van der Waals surface area contributed by atoms with Gasteiger partial charge in [-0.25, -0.2) is 15.0 Å². The number of ether oxygens (including phenoxy) is 1. The van der Waals surface area contributed by atoms with Gasteiger partial charge in [-0.1, -0.05) is 0 Å². The summed E-state index contributed by atoms with van der Waals surface area (Å²) in [4.78, 5) is 18.4. The third-order valence-corrected chi connectivity index (χ3v) is 4.57. The van der Waals surface area contributed by atoms with E-state index in [1.54, 1.807) is 44.1 Å². The highest BCUT2D eigenvalue weighted by molar-refractivity contribution is 7.19. The molecule has 3 aromatic rings. The Morgan fingerprint density at radius 3 is 2.96 bits per heavy atom. The number of aliphatic imine (C=N–C) groups is 1. The molecule has 0 saturated carbocycles. The van der Waals surface area contributed by atoms with Crippen LogP contribution in [0.15, 0.2) is 41.4 Å². The number of methoxy groups -OCH3 is 1. The SMILES string of the molecule is CN=CC(=CN)Nc1ncc2sc(C)c(-c3cccnc3OC)c2n1. The Morgan fingerprint density at radius 2 is 2.24 bits per heavy atom. The number of aromatic nitrogens is 3. The van der Waals surface area contributed by atoms with E-state index in [0.29, 0.717) is 17.5 Å². The largest absolute Gasteiger partial charge is 0.481 e. The maximum Gasteiger partial charge on any atom is 0.227 e. The summed E-state index contributed by atoms with van der Waals surface area (Å²) < 4.78 is 6.40. The second-order valence-electron chi connectivity index (χ2n) is 5.13. The second-order valence-corrected chi connectivity index (χ2v) is 6.39. The van der Waals surface area contributed by atoms with E-state index in [-0.39, 0.29) is 0 Å². The number of hydrogen-bond donors (Lipinski definition) is 2. The fourth-order valence-electron chi connectivity index (χ4n) is 2.51. The van der Waals surface area contributed by atoms with Crippen LogP contribution in [-0.4, -0.2) is 35.3 Å². The minimum Gasteiger partial charge on any atom is -0.481 e. The van der Waals surface area contributed by atoms with Crippen molar-refractivity contribution in [3.8, 4) is 17.0 Å². The van der Waals surface area contributed by atoms with Gasteiger partial charge in [0.2, 0.25) is 11.8 Å². The zero-order chi connectivity index (χ0) is 17.8. The van der Waals surface area contributed by atoms with E-state index < -0.39 is 0 Å². The molecule has 3 rings (SSSR count). The number of hydrogen-bond acceptors (Lipinski definition) is 8. The smallest absolute Gasteiger partial charge is 0.227 e. The molecule has 7 nitrogen and oxygen atoms in total. The molecule has 0 aliphatic rings. The van der Waals surface area contributed by atoms with Gasteiger partial charge < -0.3 is 15.8 Å². The average Bonchev–Trinajstić information content (AvgIpc) is 2.96. The molecule has 128 valence electrons. The zero-order valence-corrected chi connectivity index (χ0v) is 15.0. The first-order valence-electron chi connectivity index (χ1n) is 7.54. The lowest BCUT2D eigenvalue weighted by Crippen LogP contribution is -2.06. The van der Waals surface area contributed by atoms with Crippen LogP contribution >= 0.6 is 11.3 Å². The number of rotatable bonds is 5. The molecule has 0 aliphatic carbocycles. The number of anilines is 1. The highest BCUT2D eigenvalue weighted by atomic mass is 32.1. The molecule has 25 heavy (non-hydrogen) atoms. The first-order valence-corrected chi connectivity index (χ1v) is 8.36. The molecule has 0 bridgehead atoms. The molecule has 0 atom stereocenters. The van der Waals surface area contributed by atoms with Crippen LogP contribution in [0.4, 0.5) is 5.95 Å². The van der Waals surface area contributed by atoms with Crippen LogP contribution in [0.1, 0.15) is 4.88 Å². The number of pyridine rings is 1. The van der Waals surface area contributed by atoms with Crippen molar-refractivity contribution >= 4 is 33.7 Å². The summed E-state index contributed by atoms with van der Waals surface area (Å²) in [6.45, 7) is 2.05. The molecule has 0 fully saturated rings. The van der Waals surface area contributed by atoms with Crippen LogP contribution in [0.25, 0.3) is 21.3 Å². The Morgan fingerprint density at radius 1 is 1.40 bits per heavy atom. The Bertz CT molecular complexity index is 963. The van der Waals surface area contributed by atoms with Crippen molar-refractivity contribution in [1.82, 2.24) is 15.0 Å². The molecule has 3 N–H and O–H groups in total. The van der Waals surface area contributed by atoms with E-state index in [1.165, 1.54) is 6.20 Å². The van der Waals surface area contributed by atoms with Crippen molar-refractivity contribution in [2.75, 3.05) is 19.5 Å². The van der Waals surface area contributed by atoms with E-state index in [9.17, 15) is 0 Å². The van der Waals surface area contributed by atoms with E-state index in [4.69, 9.17) is 10.5 Å². The third kappa shape index (κ3) is 3.29. The molecular formula is C17H18N6OS. The standard InChI is InChI=1S/C17H18N6OS/c1-10-14(12-5-4-6-20-16(12)24-3)15-13(25-10)9-21-17(23-15)22-11(7-18)8-19-2/h4-9H,18H2,1-3H3,(H,21,22,23). The Balaban J connectivity index is 2.13. The number of nitrogens with one attached hydrogen (secondary N) is 1. The third-order valence-electron chi connectivity index (χ3n) is 3.54. The molecule has 0 unspecified atom stereocenters. The van der Waals surface area contributed by atoms with E-state index in [0.717, 1.165) is 26.2 Å². The summed E-state index contributed by atoms with van der Waals surface area (Å²) in [5.41, 5.74) is 8.96. The van der Waals surface area contributed by atoms with Crippen molar-refractivity contribution in [1.29, 1.82) is 0 Å². The molecule has 0 aromatic carbocycles. The maximum atomic E-state index is 5.59. The lowest BCUT2D eigenvalue weighted by Gasteiger charge is -2.08. The van der Waals surface area contributed by atoms with Crippen molar-refractivity contribution in [2.45, 2.75) is 6.92 Å². The molecule has 0 radical (unpaired) electrons. The quantitative estimate of drug-likeness (QED) is 0.684. The van der Waals surface area contributed by atoms with Crippen molar-refractivity contribution in [3.05, 3.63) is 41.3 Å². The molecular weight excluding hydrogens is 336 g/mol. The van der Waals surface area contributed by atoms with Crippen molar-refractivity contribution in [2.24, 2.45) is 10.7 Å². The summed E-state index contributed by atoms with van der Waals surface area (Å²) in [6, 6.07) is 3.86. The predicted molar refractivity (Wildman–Crippen MR) is 102 cm³/mol. The first kappa shape index (κ1) is 16.8. The summed E-state index contributed by atoms with van der Waals surface area (Å²) in [5.74, 6) is 1.02. The van der Waals surface area contributed by atoms with Gasteiger partial charge in [-0.3, -0.25) is 4.99 Å². The lowest BCUT2D eigenvalue weighted by molar-refractivity contribution is 0.399. The fourth-order valence-corrected chi connectivity index (χ4v) is 3.50. The normalized spacial score (nSPS) is 12.0. The van der Waals surface area contributed by atoms with Gasteiger partial charge in [-0.2, -0.15) is 0 Å². The first-order chi connectivity index (χ1) is 12.2. The van der Waals surface area contributed by atoms with Gasteiger partial charge in [0.15, 0.2) is 0 Å². The lowest BCUT2D eigenvalue weighted by atomic mass is 10.1. The molecule has 0 saturated heterocycles. The average molecular weight is 354 g/mol. The van der Waals surface area contributed by atoms with E-state index in [2.05, 4.69) is 32.2 Å². The van der Waals surface area contributed by atoms with Gasteiger partial charge >= 0.3 is 0 Å². The van der Waals surface area contributed by atoms with E-state index in [1.807, 2.05) is 12.1 Å². The van der Waals surface area contributed by atoms with Gasteiger partial charge in [-0.05, 0) is 19.1 Å². The highest BCUT2D eigenvalue weighted by Crippen LogP contribution is 2.40. The summed E-state index contributed by atoms with van der Waals surface area (Å²) in [7, 11) is 3.28. The van der Waals surface area contributed by atoms with Crippen LogP contribution in [0.5, 0.6) is 5.88 Å². The number of thiophene rings is 1. The van der Waals surface area contributed by atoms with Crippen molar-refractivity contribution < 1.29 is 4.74 Å². The summed E-state index contributed by atoms with van der Waals surface area (Å²) in [6.07, 6.45) is 6.53. The molecule has 0 aliphatic heterocycles. The summed E-state index contributed by atoms with van der Waals surface area (Å²) in [5, 5.41) is 3.06. The van der Waals surface area contributed by atoms with Crippen LogP contribution in [0, 0.1) is 6.92 Å². The molecule has 8 heteroatoms. The topological polar surface area (TPSA) is 98.3 Å². The minimum absolute atomic E-state index is 0.450. The van der Waals surface area contributed by atoms with Crippen molar-refractivity contribution in [3.63, 3.8) is 0 Å². The van der Waals surface area contributed by atoms with Gasteiger partial charge in [-0.15, -0.1) is 11.3 Å². The number of aryl methyl sites for hydroxylation is 1. The fraction of sp³-hybridized carbons (Fsp3) is 0.176. The predicted octanol–water partition coefficient (Wildman–Crippen LogP) is 2.98. The maximum absolute atomic E-state index is 5.59. The van der Waals surface area contributed by atoms with E-state index >= 15 is 0 Å². The molecule has 3 heterocycles. The van der Waals surface area contributed by atoms with Crippen LogP contribution < -0.4 is 15.8 Å². The van der Waals surface area contributed by atoms with Gasteiger partial charge in [0.1, 0.15) is 0 Å². The Labute approximate surface area is 149 Å². The highest BCUT2D eigenvalue weighted by Gasteiger charge is 2.17. The van der Waals surface area contributed by atoms with Crippen LogP contribution in [0.3, 0.4) is 0 Å². The van der Waals surface area contributed by atoms with Gasteiger partial charge in [0.25, 0.3) is 0 Å². The second kappa shape index (κ2) is 7.27. The number of fused-ring (bicyclic) bond motifs is 1. The Hall–Kier alpha value is -3.00. The number of nitrogens with zero attached hydrogens (tertiary/aromatic N) is 4. The monoisotopic (exact) mass is 354 g/mol. The molecule has 0 amide bonds. The Kier molecular flexibility index (Phi) is 4.90. The zero-order valence-electron chi connectivity index (χ0n) is 14.1. The van der Waals surface area contributed by atoms with Gasteiger partial charge in [0, 0.05) is 41.7 Å². The molecule has 0 spiro atoms.